The van der Waals surface area contributed by atoms with Gasteiger partial charge < -0.3 is 14.5 Å². The van der Waals surface area contributed by atoms with Gasteiger partial charge in [-0.2, -0.15) is 0 Å². The number of anilines is 1. The number of nitrogens with one attached hydrogen (secondary N) is 1. The lowest BCUT2D eigenvalue weighted by atomic mass is 10.1. The number of pyridine rings is 1. The van der Waals surface area contributed by atoms with Gasteiger partial charge >= 0.3 is 0 Å². The Morgan fingerprint density at radius 2 is 1.93 bits per heavy atom. The highest BCUT2D eigenvalue weighted by Gasteiger charge is 2.18. The summed E-state index contributed by atoms with van der Waals surface area (Å²) in [6, 6.07) is 21.2. The molecule has 0 fully saturated rings. The van der Waals surface area contributed by atoms with Crippen molar-refractivity contribution in [1.82, 2.24) is 9.38 Å². The largest absolute Gasteiger partial charge is 0.497 e. The molecule has 0 aliphatic carbocycles. The maximum atomic E-state index is 13.0. The first-order valence-corrected chi connectivity index (χ1v) is 9.59. The highest BCUT2D eigenvalue weighted by Crippen LogP contribution is 2.30. The molecule has 0 saturated carbocycles. The number of carbonyl (C=O) groups excluding carboxylic acids is 1. The van der Waals surface area contributed by atoms with Crippen LogP contribution >= 0.6 is 0 Å². The number of fused-ring (bicyclic) bond motifs is 2. The monoisotopic (exact) mass is 397 g/mol. The van der Waals surface area contributed by atoms with Crippen molar-refractivity contribution in [2.24, 2.45) is 0 Å². The van der Waals surface area contributed by atoms with Gasteiger partial charge in [-0.05, 0) is 24.3 Å². The number of benzene rings is 2. The third kappa shape index (κ3) is 3.18. The van der Waals surface area contributed by atoms with Crippen molar-refractivity contribution in [1.29, 1.82) is 0 Å². The zero-order chi connectivity index (χ0) is 20.5. The van der Waals surface area contributed by atoms with Crippen molar-refractivity contribution < 1.29 is 13.9 Å². The summed E-state index contributed by atoms with van der Waals surface area (Å²) in [5.74, 6) is 1.22. The minimum atomic E-state index is -0.142. The Balaban J connectivity index is 1.48. The summed E-state index contributed by atoms with van der Waals surface area (Å²) in [5.41, 5.74) is 3.96. The molecule has 1 N–H and O–H groups in total. The molecular formula is C24H19N3O3. The lowest BCUT2D eigenvalue weighted by molar-refractivity contribution is -0.115. The van der Waals surface area contributed by atoms with E-state index >= 15 is 0 Å². The summed E-state index contributed by atoms with van der Waals surface area (Å²) in [5, 5.41) is 3.95. The first-order chi connectivity index (χ1) is 14.7. The number of imidazole rings is 1. The standard InChI is InChI=1S/C24H19N3O3/c1-29-18-10-11-19-17(15-30-20(19)14-18)13-22(28)26-24-23(16-7-3-2-4-8-16)25-21-9-5-6-12-27(21)24/h2-12,14-15H,13H2,1H3,(H,26,28). The Labute approximate surface area is 172 Å². The molecule has 148 valence electrons. The average Bonchev–Trinajstić information content (AvgIpc) is 3.35. The number of aromatic nitrogens is 2. The van der Waals surface area contributed by atoms with E-state index in [0.29, 0.717) is 17.2 Å². The molecule has 0 saturated heterocycles. The molecule has 6 nitrogen and oxygen atoms in total. The average molecular weight is 397 g/mol. The number of ether oxygens (including phenoxy) is 1. The fourth-order valence-corrected chi connectivity index (χ4v) is 3.59. The summed E-state index contributed by atoms with van der Waals surface area (Å²) >= 11 is 0. The minimum Gasteiger partial charge on any atom is -0.497 e. The minimum absolute atomic E-state index is 0.142. The first kappa shape index (κ1) is 18.0. The molecule has 0 atom stereocenters. The second kappa shape index (κ2) is 7.40. The molecule has 1 amide bonds. The lowest BCUT2D eigenvalue weighted by Gasteiger charge is -2.07. The number of carbonyl (C=O) groups is 1. The van der Waals surface area contributed by atoms with Gasteiger partial charge in [-0.1, -0.05) is 36.4 Å². The number of nitrogens with zero attached hydrogens (tertiary/aromatic N) is 2. The molecule has 0 aliphatic rings. The van der Waals surface area contributed by atoms with Crippen LogP contribution < -0.4 is 10.1 Å². The van der Waals surface area contributed by atoms with Gasteiger partial charge in [0.1, 0.15) is 28.5 Å². The van der Waals surface area contributed by atoms with Crippen molar-refractivity contribution in [2.75, 3.05) is 12.4 Å². The van der Waals surface area contributed by atoms with Crippen molar-refractivity contribution in [2.45, 2.75) is 6.42 Å². The van der Waals surface area contributed by atoms with Gasteiger partial charge in [-0.25, -0.2) is 4.98 Å². The van der Waals surface area contributed by atoms with Gasteiger partial charge in [-0.15, -0.1) is 0 Å². The van der Waals surface area contributed by atoms with E-state index in [1.54, 1.807) is 13.4 Å². The van der Waals surface area contributed by atoms with E-state index in [1.807, 2.05) is 77.3 Å². The third-order valence-electron chi connectivity index (χ3n) is 5.05. The van der Waals surface area contributed by atoms with Crippen LogP contribution in [0.5, 0.6) is 5.75 Å². The van der Waals surface area contributed by atoms with Crippen LogP contribution in [0.4, 0.5) is 5.82 Å². The summed E-state index contributed by atoms with van der Waals surface area (Å²) in [6.07, 6.45) is 3.70. The molecule has 0 unspecified atom stereocenters. The molecule has 0 aliphatic heterocycles. The van der Waals surface area contributed by atoms with Crippen LogP contribution in [0.2, 0.25) is 0 Å². The fourth-order valence-electron chi connectivity index (χ4n) is 3.59. The smallest absolute Gasteiger partial charge is 0.230 e. The van der Waals surface area contributed by atoms with Gasteiger partial charge in [0.25, 0.3) is 0 Å². The van der Waals surface area contributed by atoms with Crippen LogP contribution in [-0.4, -0.2) is 22.4 Å². The third-order valence-corrected chi connectivity index (χ3v) is 5.05. The van der Waals surface area contributed by atoms with E-state index in [1.165, 1.54) is 0 Å². The molecular weight excluding hydrogens is 378 g/mol. The molecule has 0 radical (unpaired) electrons. The SMILES string of the molecule is COc1ccc2c(CC(=O)Nc3c(-c4ccccc4)nc4ccccn34)coc2c1. The van der Waals surface area contributed by atoms with Crippen molar-refractivity contribution >= 4 is 28.3 Å². The molecule has 5 rings (SSSR count). The van der Waals surface area contributed by atoms with Crippen LogP contribution in [0.3, 0.4) is 0 Å². The zero-order valence-electron chi connectivity index (χ0n) is 16.3. The van der Waals surface area contributed by atoms with Crippen molar-refractivity contribution in [3.05, 3.63) is 84.8 Å². The van der Waals surface area contributed by atoms with E-state index in [2.05, 4.69) is 5.32 Å². The van der Waals surface area contributed by atoms with Gasteiger partial charge in [0.15, 0.2) is 0 Å². The van der Waals surface area contributed by atoms with E-state index in [0.717, 1.165) is 27.9 Å². The Kier molecular flexibility index (Phi) is 4.44. The first-order valence-electron chi connectivity index (χ1n) is 9.59. The van der Waals surface area contributed by atoms with Crippen molar-refractivity contribution in [3.63, 3.8) is 0 Å². The quantitative estimate of drug-likeness (QED) is 0.456. The maximum Gasteiger partial charge on any atom is 0.230 e. The van der Waals surface area contributed by atoms with E-state index in [9.17, 15) is 4.79 Å². The maximum absolute atomic E-state index is 13.0. The summed E-state index contributed by atoms with van der Waals surface area (Å²) < 4.78 is 12.7. The normalized spacial score (nSPS) is 11.1. The fraction of sp³-hybridized carbons (Fsp3) is 0.0833. The van der Waals surface area contributed by atoms with Gasteiger partial charge in [0.2, 0.25) is 5.91 Å². The predicted molar refractivity (Wildman–Crippen MR) is 116 cm³/mol. The molecule has 6 heteroatoms. The van der Waals surface area contributed by atoms with E-state index < -0.39 is 0 Å². The Hall–Kier alpha value is -4.06. The van der Waals surface area contributed by atoms with E-state index in [-0.39, 0.29) is 12.3 Å². The van der Waals surface area contributed by atoms with Gasteiger partial charge in [-0.3, -0.25) is 9.20 Å². The second-order valence-electron chi connectivity index (χ2n) is 6.95. The van der Waals surface area contributed by atoms with Crippen LogP contribution in [0.15, 0.2) is 83.6 Å². The highest BCUT2D eigenvalue weighted by molar-refractivity contribution is 5.98. The Bertz CT molecular complexity index is 1350. The number of hydrogen-bond donors (Lipinski definition) is 1. The number of rotatable bonds is 5. The van der Waals surface area contributed by atoms with E-state index in [4.69, 9.17) is 14.1 Å². The second-order valence-corrected chi connectivity index (χ2v) is 6.95. The highest BCUT2D eigenvalue weighted by atomic mass is 16.5. The summed E-state index contributed by atoms with van der Waals surface area (Å²) in [6.45, 7) is 0. The van der Waals surface area contributed by atoms with Crippen LogP contribution in [0, 0.1) is 0 Å². The Morgan fingerprint density at radius 3 is 2.77 bits per heavy atom. The molecule has 2 aromatic carbocycles. The number of furan rings is 1. The zero-order valence-corrected chi connectivity index (χ0v) is 16.3. The summed E-state index contributed by atoms with van der Waals surface area (Å²) in [4.78, 5) is 17.7. The lowest BCUT2D eigenvalue weighted by Crippen LogP contribution is -2.16. The molecule has 3 aromatic heterocycles. The Morgan fingerprint density at radius 1 is 1.10 bits per heavy atom. The van der Waals surface area contributed by atoms with Crippen LogP contribution in [0.25, 0.3) is 27.9 Å². The molecule has 0 bridgehead atoms. The van der Waals surface area contributed by atoms with Gasteiger partial charge in [0.05, 0.1) is 19.8 Å². The summed E-state index contributed by atoms with van der Waals surface area (Å²) in [7, 11) is 1.61. The number of hydrogen-bond acceptors (Lipinski definition) is 4. The van der Waals surface area contributed by atoms with Crippen LogP contribution in [0.1, 0.15) is 5.56 Å². The number of methoxy groups -OCH3 is 1. The molecule has 5 aromatic rings. The van der Waals surface area contributed by atoms with Crippen molar-refractivity contribution in [3.8, 4) is 17.0 Å². The number of amides is 1. The van der Waals surface area contributed by atoms with Gasteiger partial charge in [0, 0.05) is 28.8 Å². The predicted octanol–water partition coefficient (Wildman–Crippen LogP) is 4.94. The molecule has 3 heterocycles. The topological polar surface area (TPSA) is 68.8 Å². The molecule has 0 spiro atoms. The van der Waals surface area contributed by atoms with Crippen LogP contribution in [-0.2, 0) is 11.2 Å². The molecule has 30 heavy (non-hydrogen) atoms.